The molecule has 0 heterocycles. The van der Waals surface area contributed by atoms with Crippen molar-refractivity contribution in [2.45, 2.75) is 91.3 Å². The van der Waals surface area contributed by atoms with Crippen LogP contribution in [0.2, 0.25) is 0 Å². The van der Waals surface area contributed by atoms with Crippen molar-refractivity contribution in [2.24, 2.45) is 11.7 Å². The van der Waals surface area contributed by atoms with Gasteiger partial charge in [0.15, 0.2) is 5.79 Å². The molecule has 5 heteroatoms. The van der Waals surface area contributed by atoms with Gasteiger partial charge in [0, 0.05) is 25.7 Å². The molecular weight excluding hydrogens is 304 g/mol. The van der Waals surface area contributed by atoms with Gasteiger partial charge in [0.2, 0.25) is 0 Å². The fourth-order valence-corrected chi connectivity index (χ4v) is 3.25. The SMILES string of the molecule is CCCCCCCCC(CCCNC(N)=O)C(C)(OCC)OCC. The van der Waals surface area contributed by atoms with Crippen LogP contribution in [-0.2, 0) is 9.47 Å². The molecule has 0 saturated carbocycles. The number of urea groups is 1. The van der Waals surface area contributed by atoms with Gasteiger partial charge in [-0.05, 0) is 40.0 Å². The maximum atomic E-state index is 10.8. The summed E-state index contributed by atoms with van der Waals surface area (Å²) in [5.74, 6) is -0.210. The molecule has 0 saturated heterocycles. The number of nitrogens with one attached hydrogen (secondary N) is 1. The Bertz CT molecular complexity index is 305. The molecule has 3 N–H and O–H groups in total. The van der Waals surface area contributed by atoms with Crippen LogP contribution in [0.4, 0.5) is 4.79 Å². The van der Waals surface area contributed by atoms with Crippen molar-refractivity contribution in [3.05, 3.63) is 0 Å². The maximum Gasteiger partial charge on any atom is 0.312 e. The number of amides is 2. The molecule has 0 spiro atoms. The summed E-state index contributed by atoms with van der Waals surface area (Å²) < 4.78 is 11.9. The largest absolute Gasteiger partial charge is 0.352 e. The highest BCUT2D eigenvalue weighted by Crippen LogP contribution is 2.32. The number of primary amides is 1. The Morgan fingerprint density at radius 1 is 0.958 bits per heavy atom. The Hall–Kier alpha value is -0.810. The predicted octanol–water partition coefficient (Wildman–Crippen LogP) is 4.59. The summed E-state index contributed by atoms with van der Waals surface area (Å²) in [7, 11) is 0. The Kier molecular flexibility index (Phi) is 14.0. The normalized spacial score (nSPS) is 13.0. The number of carbonyl (C=O) groups excluding carboxylic acids is 1. The van der Waals surface area contributed by atoms with Gasteiger partial charge >= 0.3 is 6.03 Å². The molecule has 24 heavy (non-hydrogen) atoms. The van der Waals surface area contributed by atoms with Crippen molar-refractivity contribution in [3.8, 4) is 0 Å². The highest BCUT2D eigenvalue weighted by atomic mass is 16.7. The molecule has 2 amide bonds. The smallest absolute Gasteiger partial charge is 0.312 e. The van der Waals surface area contributed by atoms with Crippen LogP contribution < -0.4 is 11.1 Å². The first-order chi connectivity index (χ1) is 11.5. The summed E-state index contributed by atoms with van der Waals surface area (Å²) in [6.45, 7) is 10.2. The van der Waals surface area contributed by atoms with Gasteiger partial charge in [-0.3, -0.25) is 0 Å². The molecule has 0 aromatic heterocycles. The van der Waals surface area contributed by atoms with Crippen molar-refractivity contribution in [1.82, 2.24) is 5.32 Å². The van der Waals surface area contributed by atoms with Crippen molar-refractivity contribution < 1.29 is 14.3 Å². The zero-order valence-electron chi connectivity index (χ0n) is 16.4. The second-order valence-electron chi connectivity index (χ2n) is 6.57. The van der Waals surface area contributed by atoms with Crippen LogP contribution in [0.5, 0.6) is 0 Å². The lowest BCUT2D eigenvalue weighted by Gasteiger charge is -2.37. The van der Waals surface area contributed by atoms with Crippen LogP contribution in [0.25, 0.3) is 0 Å². The number of carbonyl (C=O) groups is 1. The number of unbranched alkanes of at least 4 members (excludes halogenated alkanes) is 5. The first kappa shape index (κ1) is 23.2. The molecule has 0 aromatic carbocycles. The topological polar surface area (TPSA) is 73.6 Å². The average molecular weight is 345 g/mol. The highest BCUT2D eigenvalue weighted by molar-refractivity contribution is 5.71. The molecule has 0 bridgehead atoms. The first-order valence-corrected chi connectivity index (χ1v) is 9.81. The van der Waals surface area contributed by atoms with Crippen LogP contribution in [-0.4, -0.2) is 31.6 Å². The minimum atomic E-state index is -0.542. The highest BCUT2D eigenvalue weighted by Gasteiger charge is 2.34. The van der Waals surface area contributed by atoms with E-state index in [9.17, 15) is 4.79 Å². The molecule has 0 fully saturated rings. The van der Waals surface area contributed by atoms with E-state index in [0.717, 1.165) is 19.3 Å². The zero-order chi connectivity index (χ0) is 18.3. The minimum absolute atomic E-state index is 0.332. The van der Waals surface area contributed by atoms with E-state index in [-0.39, 0.29) is 0 Å². The van der Waals surface area contributed by atoms with E-state index in [1.165, 1.54) is 38.5 Å². The molecule has 5 nitrogen and oxygen atoms in total. The van der Waals surface area contributed by atoms with E-state index in [2.05, 4.69) is 19.2 Å². The number of hydrogen-bond donors (Lipinski definition) is 2. The fraction of sp³-hybridized carbons (Fsp3) is 0.947. The monoisotopic (exact) mass is 344 g/mol. The minimum Gasteiger partial charge on any atom is -0.352 e. The second kappa shape index (κ2) is 14.5. The summed E-state index contributed by atoms with van der Waals surface area (Å²) in [5, 5.41) is 2.66. The molecule has 1 unspecified atom stereocenters. The van der Waals surface area contributed by atoms with E-state index < -0.39 is 11.8 Å². The number of rotatable bonds is 16. The predicted molar refractivity (Wildman–Crippen MR) is 100.0 cm³/mol. The third kappa shape index (κ3) is 10.9. The van der Waals surface area contributed by atoms with Crippen molar-refractivity contribution in [2.75, 3.05) is 19.8 Å². The third-order valence-corrected chi connectivity index (χ3v) is 4.54. The summed E-state index contributed by atoms with van der Waals surface area (Å²) in [5.41, 5.74) is 5.13. The molecule has 0 aliphatic carbocycles. The second-order valence-corrected chi connectivity index (χ2v) is 6.57. The maximum absolute atomic E-state index is 10.8. The Morgan fingerprint density at radius 3 is 2.04 bits per heavy atom. The van der Waals surface area contributed by atoms with Gasteiger partial charge in [0.25, 0.3) is 0 Å². The number of nitrogens with two attached hydrogens (primary N) is 1. The fourth-order valence-electron chi connectivity index (χ4n) is 3.25. The van der Waals surface area contributed by atoms with Gasteiger partial charge in [-0.15, -0.1) is 0 Å². The molecule has 0 aliphatic heterocycles. The Balaban J connectivity index is 4.47. The van der Waals surface area contributed by atoms with Gasteiger partial charge in [-0.25, -0.2) is 4.79 Å². The van der Waals surface area contributed by atoms with Crippen molar-refractivity contribution >= 4 is 6.03 Å². The van der Waals surface area contributed by atoms with E-state index in [4.69, 9.17) is 15.2 Å². The molecular formula is C19H40N2O3. The van der Waals surface area contributed by atoms with Crippen LogP contribution in [0.15, 0.2) is 0 Å². The van der Waals surface area contributed by atoms with E-state index >= 15 is 0 Å². The third-order valence-electron chi connectivity index (χ3n) is 4.54. The van der Waals surface area contributed by atoms with Crippen LogP contribution in [0.3, 0.4) is 0 Å². The Morgan fingerprint density at radius 2 is 1.50 bits per heavy atom. The quantitative estimate of drug-likeness (QED) is 0.318. The first-order valence-electron chi connectivity index (χ1n) is 9.81. The number of hydrogen-bond acceptors (Lipinski definition) is 3. The average Bonchev–Trinajstić information content (AvgIpc) is 2.52. The van der Waals surface area contributed by atoms with Gasteiger partial charge in [-0.2, -0.15) is 0 Å². The molecule has 0 aliphatic rings. The molecule has 0 aromatic rings. The van der Waals surface area contributed by atoms with Gasteiger partial charge in [0.1, 0.15) is 0 Å². The van der Waals surface area contributed by atoms with Gasteiger partial charge < -0.3 is 20.5 Å². The molecule has 144 valence electrons. The molecule has 0 radical (unpaired) electrons. The number of ether oxygens (including phenoxy) is 2. The molecule has 0 rings (SSSR count). The van der Waals surface area contributed by atoms with Crippen molar-refractivity contribution in [1.29, 1.82) is 0 Å². The lowest BCUT2D eigenvalue weighted by Crippen LogP contribution is -2.41. The summed E-state index contributed by atoms with van der Waals surface area (Å²) >= 11 is 0. The summed E-state index contributed by atoms with van der Waals surface area (Å²) in [6, 6.07) is -0.458. The van der Waals surface area contributed by atoms with Crippen LogP contribution >= 0.6 is 0 Å². The van der Waals surface area contributed by atoms with Gasteiger partial charge in [0.05, 0.1) is 0 Å². The van der Waals surface area contributed by atoms with E-state index in [1.54, 1.807) is 0 Å². The van der Waals surface area contributed by atoms with E-state index in [1.807, 2.05) is 13.8 Å². The van der Waals surface area contributed by atoms with Crippen molar-refractivity contribution in [3.63, 3.8) is 0 Å². The van der Waals surface area contributed by atoms with Gasteiger partial charge in [-0.1, -0.05) is 45.4 Å². The summed E-state index contributed by atoms with van der Waals surface area (Å²) in [4.78, 5) is 10.8. The zero-order valence-corrected chi connectivity index (χ0v) is 16.4. The Labute approximate surface area is 149 Å². The lowest BCUT2D eigenvalue weighted by molar-refractivity contribution is -0.254. The van der Waals surface area contributed by atoms with E-state index in [0.29, 0.717) is 25.7 Å². The standard InChI is InChI=1S/C19H40N2O3/c1-5-8-9-10-11-12-14-17(15-13-16-21-18(20)22)19(4,23-6-2)24-7-3/h17H,5-16H2,1-4H3,(H3,20,21,22). The lowest BCUT2D eigenvalue weighted by atomic mass is 9.88. The van der Waals surface area contributed by atoms with Crippen LogP contribution in [0, 0.1) is 5.92 Å². The molecule has 1 atom stereocenters. The summed E-state index contributed by atoms with van der Waals surface area (Å²) in [6.07, 6.45) is 10.7. The van der Waals surface area contributed by atoms with Crippen LogP contribution in [0.1, 0.15) is 85.5 Å².